The predicted octanol–water partition coefficient (Wildman–Crippen LogP) is 1.54. The summed E-state index contributed by atoms with van der Waals surface area (Å²) in [5, 5.41) is 5.51. The van der Waals surface area contributed by atoms with Crippen molar-refractivity contribution < 1.29 is 23.9 Å². The molecule has 29 heavy (non-hydrogen) atoms. The maximum atomic E-state index is 13.2. The first-order chi connectivity index (χ1) is 14.0. The summed E-state index contributed by atoms with van der Waals surface area (Å²) >= 11 is 0. The number of ether oxygens (including phenoxy) is 2. The number of rotatable bonds is 5. The molecule has 2 heterocycles. The summed E-state index contributed by atoms with van der Waals surface area (Å²) in [6.07, 6.45) is 0.313. The van der Waals surface area contributed by atoms with Crippen LogP contribution in [0.25, 0.3) is 0 Å². The van der Waals surface area contributed by atoms with Gasteiger partial charge in [0.2, 0.25) is 5.91 Å². The van der Waals surface area contributed by atoms with Crippen LogP contribution in [0.3, 0.4) is 0 Å². The van der Waals surface area contributed by atoms with Crippen molar-refractivity contribution >= 4 is 17.8 Å². The second-order valence-corrected chi connectivity index (χ2v) is 6.91. The maximum absolute atomic E-state index is 13.2. The van der Waals surface area contributed by atoms with Crippen LogP contribution >= 0.6 is 0 Å². The zero-order valence-electron chi connectivity index (χ0n) is 15.9. The highest BCUT2D eigenvalue weighted by Crippen LogP contribution is 2.40. The fraction of sp³-hybridized carbons (Fsp3) is 0.286. The summed E-state index contributed by atoms with van der Waals surface area (Å²) in [5.74, 6) is 0.345. The monoisotopic (exact) mass is 395 g/mol. The van der Waals surface area contributed by atoms with Gasteiger partial charge in [0.15, 0.2) is 5.54 Å². The number of nitrogens with zero attached hydrogens (tertiary/aromatic N) is 1. The summed E-state index contributed by atoms with van der Waals surface area (Å²) in [5.41, 5.74) is 0.228. The Hall–Kier alpha value is -3.55. The summed E-state index contributed by atoms with van der Waals surface area (Å²) in [6.45, 7) is 0.176. The molecule has 1 saturated heterocycles. The van der Waals surface area contributed by atoms with Crippen LogP contribution in [0.5, 0.6) is 11.5 Å². The van der Waals surface area contributed by atoms with E-state index >= 15 is 0 Å². The molecule has 4 amide bonds. The minimum absolute atomic E-state index is 0.230. The van der Waals surface area contributed by atoms with Crippen LogP contribution in [0.1, 0.15) is 17.5 Å². The second-order valence-electron chi connectivity index (χ2n) is 6.91. The number of urea groups is 1. The topological polar surface area (TPSA) is 97.0 Å². The highest BCUT2D eigenvalue weighted by Gasteiger charge is 2.55. The van der Waals surface area contributed by atoms with Gasteiger partial charge in [-0.2, -0.15) is 0 Å². The van der Waals surface area contributed by atoms with Gasteiger partial charge in [0.05, 0.1) is 13.7 Å². The molecule has 150 valence electrons. The predicted molar refractivity (Wildman–Crippen MR) is 103 cm³/mol. The van der Waals surface area contributed by atoms with E-state index in [0.29, 0.717) is 30.1 Å². The lowest BCUT2D eigenvalue weighted by molar-refractivity contribution is -0.136. The third-order valence-corrected chi connectivity index (χ3v) is 5.23. The zero-order chi connectivity index (χ0) is 20.4. The Morgan fingerprint density at radius 2 is 1.97 bits per heavy atom. The number of carbonyl (C=O) groups is 3. The smallest absolute Gasteiger partial charge is 0.325 e. The van der Waals surface area contributed by atoms with Crippen molar-refractivity contribution in [3.8, 4) is 11.5 Å². The molecule has 0 unspecified atom stereocenters. The van der Waals surface area contributed by atoms with E-state index in [2.05, 4.69) is 10.6 Å². The quantitative estimate of drug-likeness (QED) is 0.749. The molecule has 2 aromatic rings. The van der Waals surface area contributed by atoms with E-state index in [9.17, 15) is 14.4 Å². The van der Waals surface area contributed by atoms with E-state index in [-0.39, 0.29) is 13.1 Å². The number of methoxy groups -OCH3 is 1. The number of imide groups is 1. The normalized spacial score (nSPS) is 20.1. The van der Waals surface area contributed by atoms with E-state index in [1.54, 1.807) is 31.4 Å². The van der Waals surface area contributed by atoms with Gasteiger partial charge in [-0.15, -0.1) is 0 Å². The number of hydrogen-bond acceptors (Lipinski definition) is 5. The van der Waals surface area contributed by atoms with Gasteiger partial charge in [0.1, 0.15) is 18.0 Å². The Morgan fingerprint density at radius 3 is 2.79 bits per heavy atom. The van der Waals surface area contributed by atoms with Crippen molar-refractivity contribution in [1.29, 1.82) is 0 Å². The number of para-hydroxylation sites is 2. The number of fused-ring (bicyclic) bond motifs is 2. The minimum Gasteiger partial charge on any atom is -0.496 e. The molecule has 1 spiro atoms. The maximum Gasteiger partial charge on any atom is 0.325 e. The molecule has 2 aromatic carbocycles. The number of hydrogen-bond donors (Lipinski definition) is 2. The average Bonchev–Trinajstić information content (AvgIpc) is 2.97. The van der Waals surface area contributed by atoms with Crippen molar-refractivity contribution in [2.24, 2.45) is 0 Å². The molecule has 0 bridgehead atoms. The Balaban J connectivity index is 1.47. The molecule has 0 aliphatic carbocycles. The van der Waals surface area contributed by atoms with Crippen LogP contribution in [0.2, 0.25) is 0 Å². The van der Waals surface area contributed by atoms with Crippen LogP contribution in [0.15, 0.2) is 48.5 Å². The standard InChI is InChI=1S/C21H21N3O5/c1-28-16-8-4-2-6-14(16)12-22-18(25)13-24-19(26)21(23-20(24)27)10-11-29-17-9-5-3-7-15(17)21/h2-9H,10-13H2,1H3,(H,22,25)(H,23,27)/t21-/m0/s1. The summed E-state index contributed by atoms with van der Waals surface area (Å²) in [4.78, 5) is 39.1. The lowest BCUT2D eigenvalue weighted by Gasteiger charge is -2.33. The minimum atomic E-state index is -1.19. The Morgan fingerprint density at radius 1 is 1.21 bits per heavy atom. The van der Waals surface area contributed by atoms with Gasteiger partial charge in [-0.3, -0.25) is 14.5 Å². The van der Waals surface area contributed by atoms with Crippen LogP contribution < -0.4 is 20.1 Å². The fourth-order valence-corrected chi connectivity index (χ4v) is 3.76. The van der Waals surface area contributed by atoms with E-state index in [1.165, 1.54) is 0 Å². The first-order valence-corrected chi connectivity index (χ1v) is 9.30. The van der Waals surface area contributed by atoms with Gasteiger partial charge >= 0.3 is 6.03 Å². The van der Waals surface area contributed by atoms with Crippen LogP contribution in [0.4, 0.5) is 4.79 Å². The second kappa shape index (κ2) is 7.46. The summed E-state index contributed by atoms with van der Waals surface area (Å²) in [6, 6.07) is 13.8. The lowest BCUT2D eigenvalue weighted by atomic mass is 9.84. The largest absolute Gasteiger partial charge is 0.496 e. The van der Waals surface area contributed by atoms with Gasteiger partial charge in [0.25, 0.3) is 5.91 Å². The molecule has 0 aromatic heterocycles. The lowest BCUT2D eigenvalue weighted by Crippen LogP contribution is -2.48. The van der Waals surface area contributed by atoms with Crippen LogP contribution in [-0.4, -0.2) is 43.0 Å². The molecule has 8 nitrogen and oxygen atoms in total. The number of nitrogens with one attached hydrogen (secondary N) is 2. The number of carbonyl (C=O) groups excluding carboxylic acids is 3. The fourth-order valence-electron chi connectivity index (χ4n) is 3.76. The summed E-state index contributed by atoms with van der Waals surface area (Å²) in [7, 11) is 1.55. The Bertz CT molecular complexity index is 976. The third-order valence-electron chi connectivity index (χ3n) is 5.23. The molecular weight excluding hydrogens is 374 g/mol. The van der Waals surface area contributed by atoms with Crippen molar-refractivity contribution in [3.63, 3.8) is 0 Å². The number of benzene rings is 2. The average molecular weight is 395 g/mol. The van der Waals surface area contributed by atoms with Crippen molar-refractivity contribution in [2.45, 2.75) is 18.5 Å². The van der Waals surface area contributed by atoms with Crippen LogP contribution in [-0.2, 0) is 21.7 Å². The molecule has 4 rings (SSSR count). The van der Waals surface area contributed by atoms with E-state index in [4.69, 9.17) is 9.47 Å². The van der Waals surface area contributed by atoms with E-state index in [1.807, 2.05) is 24.3 Å². The molecule has 2 aliphatic heterocycles. The van der Waals surface area contributed by atoms with Crippen molar-refractivity contribution in [3.05, 3.63) is 59.7 Å². The summed E-state index contributed by atoms with van der Waals surface area (Å²) < 4.78 is 10.9. The molecule has 1 fully saturated rings. The van der Waals surface area contributed by atoms with Gasteiger partial charge in [-0.25, -0.2) is 4.79 Å². The molecule has 2 aliphatic rings. The molecule has 1 atom stereocenters. The zero-order valence-corrected chi connectivity index (χ0v) is 15.9. The third kappa shape index (κ3) is 3.26. The van der Waals surface area contributed by atoms with Gasteiger partial charge in [-0.05, 0) is 12.1 Å². The van der Waals surface area contributed by atoms with Crippen molar-refractivity contribution in [2.75, 3.05) is 20.3 Å². The van der Waals surface area contributed by atoms with E-state index < -0.39 is 23.4 Å². The van der Waals surface area contributed by atoms with E-state index in [0.717, 1.165) is 10.5 Å². The molecule has 2 N–H and O–H groups in total. The highest BCUT2D eigenvalue weighted by molar-refractivity contribution is 6.09. The first-order valence-electron chi connectivity index (χ1n) is 9.30. The van der Waals surface area contributed by atoms with Gasteiger partial charge in [0, 0.05) is 24.1 Å². The Kier molecular flexibility index (Phi) is 4.84. The molecule has 8 heteroatoms. The molecule has 0 radical (unpaired) electrons. The van der Waals surface area contributed by atoms with Gasteiger partial charge in [-0.1, -0.05) is 36.4 Å². The van der Waals surface area contributed by atoms with Crippen LogP contribution in [0, 0.1) is 0 Å². The SMILES string of the molecule is COc1ccccc1CNC(=O)CN1C(=O)N[C@]2(CCOc3ccccc32)C1=O. The van der Waals surface area contributed by atoms with Crippen molar-refractivity contribution in [1.82, 2.24) is 15.5 Å². The molecular formula is C21H21N3O5. The Labute approximate surface area is 167 Å². The van der Waals surface area contributed by atoms with Gasteiger partial charge < -0.3 is 20.1 Å². The highest BCUT2D eigenvalue weighted by atomic mass is 16.5. The first kappa shape index (κ1) is 18.8. The number of amides is 4. The molecule has 0 saturated carbocycles.